The van der Waals surface area contributed by atoms with Gasteiger partial charge in [0.25, 0.3) is 0 Å². The highest BCUT2D eigenvalue weighted by atomic mass is 32.1. The van der Waals surface area contributed by atoms with Gasteiger partial charge < -0.3 is 4.74 Å². The number of aromatic nitrogens is 1. The molecule has 164 valence electrons. The van der Waals surface area contributed by atoms with Crippen molar-refractivity contribution in [2.75, 3.05) is 11.5 Å². The molecule has 0 atom stereocenters. The van der Waals surface area contributed by atoms with Gasteiger partial charge >= 0.3 is 0 Å². The lowest BCUT2D eigenvalue weighted by Crippen LogP contribution is -2.32. The van der Waals surface area contributed by atoms with Crippen LogP contribution in [0.2, 0.25) is 0 Å². The van der Waals surface area contributed by atoms with Crippen LogP contribution in [0.25, 0.3) is 10.2 Å². The highest BCUT2D eigenvalue weighted by Gasteiger charge is 2.23. The third-order valence-electron chi connectivity index (χ3n) is 5.55. The number of hydrogen-bond acceptors (Lipinski definition) is 4. The van der Waals surface area contributed by atoms with Crippen molar-refractivity contribution in [1.29, 1.82) is 0 Å². The van der Waals surface area contributed by atoms with Crippen molar-refractivity contribution in [2.24, 2.45) is 0 Å². The second-order valence-corrected chi connectivity index (χ2v) is 9.06. The molecule has 0 aliphatic heterocycles. The molecule has 4 rings (SSSR count). The van der Waals surface area contributed by atoms with Gasteiger partial charge in [0.2, 0.25) is 5.91 Å². The maximum atomic E-state index is 13.7. The quantitative estimate of drug-likeness (QED) is 0.331. The van der Waals surface area contributed by atoms with Crippen molar-refractivity contribution in [3.63, 3.8) is 0 Å². The van der Waals surface area contributed by atoms with E-state index >= 15 is 0 Å². The van der Waals surface area contributed by atoms with Crippen molar-refractivity contribution >= 4 is 32.6 Å². The number of aryl methyl sites for hydroxylation is 3. The van der Waals surface area contributed by atoms with Crippen molar-refractivity contribution in [3.8, 4) is 5.75 Å². The Morgan fingerprint density at radius 1 is 1.00 bits per heavy atom. The van der Waals surface area contributed by atoms with Crippen LogP contribution < -0.4 is 9.64 Å². The van der Waals surface area contributed by atoms with E-state index in [-0.39, 0.29) is 5.91 Å². The molecular weight excluding hydrogens is 416 g/mol. The molecule has 0 fully saturated rings. The van der Waals surface area contributed by atoms with E-state index in [1.165, 1.54) is 16.9 Å². The second-order valence-electron chi connectivity index (χ2n) is 8.05. The molecule has 5 heteroatoms. The number of carbonyl (C=O) groups is 1. The topological polar surface area (TPSA) is 42.4 Å². The molecule has 0 bridgehead atoms. The molecule has 0 saturated heterocycles. The number of carbonyl (C=O) groups excluding carboxylic acids is 1. The summed E-state index contributed by atoms with van der Waals surface area (Å²) in [6.45, 7) is 9.26. The maximum absolute atomic E-state index is 13.7. The summed E-state index contributed by atoms with van der Waals surface area (Å²) in [5.74, 6) is 0.797. The first kappa shape index (κ1) is 22.0. The first-order valence-electron chi connectivity index (χ1n) is 10.9. The van der Waals surface area contributed by atoms with E-state index in [4.69, 9.17) is 9.72 Å². The minimum atomic E-state index is 0.0425. The Morgan fingerprint density at radius 2 is 1.72 bits per heavy atom. The average Bonchev–Trinajstić information content (AvgIpc) is 3.20. The van der Waals surface area contributed by atoms with Crippen molar-refractivity contribution in [1.82, 2.24) is 4.98 Å². The lowest BCUT2D eigenvalue weighted by molar-refractivity contribution is -0.118. The van der Waals surface area contributed by atoms with Crippen LogP contribution in [-0.2, 0) is 17.8 Å². The monoisotopic (exact) mass is 444 g/mol. The number of amides is 1. The van der Waals surface area contributed by atoms with Gasteiger partial charge in [-0.15, -0.1) is 0 Å². The number of anilines is 1. The van der Waals surface area contributed by atoms with Crippen LogP contribution in [0.4, 0.5) is 5.13 Å². The zero-order valence-electron chi connectivity index (χ0n) is 19.0. The first-order valence-corrected chi connectivity index (χ1v) is 11.7. The summed E-state index contributed by atoms with van der Waals surface area (Å²) in [5.41, 5.74) is 6.49. The fourth-order valence-electron chi connectivity index (χ4n) is 4.06. The lowest BCUT2D eigenvalue weighted by Gasteiger charge is -2.21. The molecule has 0 aliphatic carbocycles. The summed E-state index contributed by atoms with van der Waals surface area (Å²) in [6.07, 6.45) is 0.346. The highest BCUT2D eigenvalue weighted by Crippen LogP contribution is 2.35. The third kappa shape index (κ3) is 4.68. The van der Waals surface area contributed by atoms with Crippen LogP contribution in [-0.4, -0.2) is 17.5 Å². The van der Waals surface area contributed by atoms with Crippen LogP contribution in [0.3, 0.4) is 0 Å². The van der Waals surface area contributed by atoms with E-state index in [0.29, 0.717) is 24.7 Å². The SMILES string of the molecule is CCOc1cccc2sc(N(Cc3ccccc3)C(=O)Cc3c(C)cc(C)cc3C)nc12. The normalized spacial score (nSPS) is 11.0. The van der Waals surface area contributed by atoms with Crippen LogP contribution in [0.1, 0.15) is 34.7 Å². The van der Waals surface area contributed by atoms with Gasteiger partial charge in [0.1, 0.15) is 11.3 Å². The second kappa shape index (κ2) is 9.53. The number of benzene rings is 3. The smallest absolute Gasteiger partial charge is 0.233 e. The third-order valence-corrected chi connectivity index (χ3v) is 6.60. The molecule has 1 heterocycles. The van der Waals surface area contributed by atoms with E-state index in [9.17, 15) is 4.79 Å². The van der Waals surface area contributed by atoms with E-state index in [0.717, 1.165) is 38.2 Å². The molecule has 1 aromatic heterocycles. The van der Waals surface area contributed by atoms with Crippen LogP contribution >= 0.6 is 11.3 Å². The Hall–Kier alpha value is -3.18. The Balaban J connectivity index is 1.73. The fourth-order valence-corrected chi connectivity index (χ4v) is 5.06. The number of para-hydroxylation sites is 1. The summed E-state index contributed by atoms with van der Waals surface area (Å²) in [4.78, 5) is 20.3. The van der Waals surface area contributed by atoms with Gasteiger partial charge in [-0.25, -0.2) is 4.98 Å². The minimum absolute atomic E-state index is 0.0425. The summed E-state index contributed by atoms with van der Waals surface area (Å²) in [6, 6.07) is 20.3. The summed E-state index contributed by atoms with van der Waals surface area (Å²) >= 11 is 1.53. The van der Waals surface area contributed by atoms with Gasteiger partial charge in [-0.05, 0) is 62.1 Å². The zero-order chi connectivity index (χ0) is 22.7. The summed E-state index contributed by atoms with van der Waals surface area (Å²) in [7, 11) is 0. The van der Waals surface area contributed by atoms with Crippen molar-refractivity contribution in [3.05, 3.63) is 88.5 Å². The highest BCUT2D eigenvalue weighted by molar-refractivity contribution is 7.22. The lowest BCUT2D eigenvalue weighted by atomic mass is 9.97. The number of rotatable bonds is 7. The molecule has 0 unspecified atom stereocenters. The standard InChI is InChI=1S/C27H28N2O2S/c1-5-31-23-12-9-13-24-26(23)28-27(32-24)29(17-21-10-7-6-8-11-21)25(30)16-22-19(3)14-18(2)15-20(22)4/h6-15H,5,16-17H2,1-4H3. The van der Waals surface area contributed by atoms with Crippen molar-refractivity contribution in [2.45, 2.75) is 40.7 Å². The van der Waals surface area contributed by atoms with Gasteiger partial charge in [-0.1, -0.05) is 65.4 Å². The van der Waals surface area contributed by atoms with E-state index in [1.807, 2.05) is 60.4 Å². The Morgan fingerprint density at radius 3 is 2.41 bits per heavy atom. The molecule has 0 radical (unpaired) electrons. The number of thiazole rings is 1. The Bertz CT molecular complexity index is 1220. The molecule has 0 aliphatic rings. The molecule has 0 saturated carbocycles. The fraction of sp³-hybridized carbons (Fsp3) is 0.259. The number of ether oxygens (including phenoxy) is 1. The van der Waals surface area contributed by atoms with Gasteiger partial charge in [-0.2, -0.15) is 0 Å². The van der Waals surface area contributed by atoms with Gasteiger partial charge in [0.05, 0.1) is 24.3 Å². The number of nitrogens with zero attached hydrogens (tertiary/aromatic N) is 2. The molecule has 4 nitrogen and oxygen atoms in total. The molecule has 32 heavy (non-hydrogen) atoms. The maximum Gasteiger partial charge on any atom is 0.233 e. The predicted octanol–water partition coefficient (Wildman–Crippen LogP) is 6.40. The zero-order valence-corrected chi connectivity index (χ0v) is 19.8. The van der Waals surface area contributed by atoms with Gasteiger partial charge in [0.15, 0.2) is 5.13 Å². The van der Waals surface area contributed by atoms with Crippen LogP contribution in [0.5, 0.6) is 5.75 Å². The molecule has 3 aromatic carbocycles. The Kier molecular flexibility index (Phi) is 6.56. The van der Waals surface area contributed by atoms with E-state index in [2.05, 4.69) is 32.9 Å². The Labute approximate surface area is 193 Å². The predicted molar refractivity (Wildman–Crippen MR) is 133 cm³/mol. The number of fused-ring (bicyclic) bond motifs is 1. The van der Waals surface area contributed by atoms with Crippen LogP contribution in [0, 0.1) is 20.8 Å². The van der Waals surface area contributed by atoms with Gasteiger partial charge in [-0.3, -0.25) is 9.69 Å². The van der Waals surface area contributed by atoms with E-state index < -0.39 is 0 Å². The summed E-state index contributed by atoms with van der Waals surface area (Å²) in [5, 5.41) is 0.698. The van der Waals surface area contributed by atoms with Crippen LogP contribution in [0.15, 0.2) is 60.7 Å². The molecular formula is C27H28N2O2S. The largest absolute Gasteiger partial charge is 0.492 e. The minimum Gasteiger partial charge on any atom is -0.492 e. The molecule has 0 spiro atoms. The van der Waals surface area contributed by atoms with Crippen molar-refractivity contribution < 1.29 is 9.53 Å². The average molecular weight is 445 g/mol. The molecule has 1 amide bonds. The molecule has 4 aromatic rings. The summed E-state index contributed by atoms with van der Waals surface area (Å²) < 4.78 is 6.78. The first-order chi connectivity index (χ1) is 15.5. The van der Waals surface area contributed by atoms with Gasteiger partial charge in [0, 0.05) is 0 Å². The number of hydrogen-bond donors (Lipinski definition) is 0. The molecule has 0 N–H and O–H groups in total. The van der Waals surface area contributed by atoms with E-state index in [1.54, 1.807) is 0 Å².